The Hall–Kier alpha value is -2.47. The van der Waals surface area contributed by atoms with E-state index in [0.717, 1.165) is 22.1 Å². The van der Waals surface area contributed by atoms with Crippen LogP contribution in [-0.2, 0) is 0 Å². The summed E-state index contributed by atoms with van der Waals surface area (Å²) in [6.45, 7) is 0. The van der Waals surface area contributed by atoms with Crippen molar-refractivity contribution in [3.63, 3.8) is 0 Å². The quantitative estimate of drug-likeness (QED) is 0.340. The number of carbonyl (C=O) groups is 1. The van der Waals surface area contributed by atoms with E-state index in [-0.39, 0.29) is 16.5 Å². The standard InChI is InChI=1S/C20H12ClNO2S2/c21-16-14-9-5-4-6-12(14)10-11-15(16)17(23)18-19(24)22(20(25)26-18)13-7-2-1-3-8-13/h1-11,24H. The summed E-state index contributed by atoms with van der Waals surface area (Å²) >= 11 is 12.9. The van der Waals surface area contributed by atoms with Crippen LogP contribution in [0.15, 0.2) is 66.7 Å². The Balaban J connectivity index is 1.86. The number of thiazole rings is 1. The minimum Gasteiger partial charge on any atom is -0.493 e. The van der Waals surface area contributed by atoms with E-state index < -0.39 is 0 Å². The molecule has 0 aliphatic heterocycles. The molecule has 6 heteroatoms. The first-order chi connectivity index (χ1) is 12.6. The number of aromatic nitrogens is 1. The lowest BCUT2D eigenvalue weighted by Gasteiger charge is -2.07. The second-order valence-corrected chi connectivity index (χ2v) is 7.69. The van der Waals surface area contributed by atoms with E-state index in [1.165, 1.54) is 4.57 Å². The highest BCUT2D eigenvalue weighted by atomic mass is 35.5. The molecular weight excluding hydrogens is 386 g/mol. The van der Waals surface area contributed by atoms with Gasteiger partial charge in [-0.25, -0.2) is 0 Å². The first-order valence-corrected chi connectivity index (χ1v) is 9.40. The lowest BCUT2D eigenvalue weighted by Crippen LogP contribution is -2.02. The summed E-state index contributed by atoms with van der Waals surface area (Å²) in [5, 5.41) is 12.8. The molecule has 0 amide bonds. The number of ketones is 1. The van der Waals surface area contributed by atoms with E-state index in [1.54, 1.807) is 6.07 Å². The van der Waals surface area contributed by atoms with E-state index in [4.69, 9.17) is 23.8 Å². The summed E-state index contributed by atoms with van der Waals surface area (Å²) in [5.41, 5.74) is 1.05. The van der Waals surface area contributed by atoms with Gasteiger partial charge in [0.15, 0.2) is 3.95 Å². The Bertz CT molecular complexity index is 1200. The van der Waals surface area contributed by atoms with Crippen LogP contribution in [0.2, 0.25) is 5.02 Å². The van der Waals surface area contributed by atoms with Crippen LogP contribution in [0.5, 0.6) is 5.88 Å². The zero-order valence-corrected chi connectivity index (χ0v) is 15.7. The van der Waals surface area contributed by atoms with Crippen molar-refractivity contribution in [2.24, 2.45) is 0 Å². The Morgan fingerprint density at radius 3 is 2.46 bits per heavy atom. The van der Waals surface area contributed by atoms with E-state index in [9.17, 15) is 9.90 Å². The molecule has 128 valence electrons. The third-order valence-corrected chi connectivity index (χ3v) is 5.88. The zero-order valence-electron chi connectivity index (χ0n) is 13.3. The third kappa shape index (κ3) is 2.74. The van der Waals surface area contributed by atoms with Gasteiger partial charge >= 0.3 is 0 Å². The van der Waals surface area contributed by atoms with Crippen LogP contribution in [0.4, 0.5) is 0 Å². The Morgan fingerprint density at radius 1 is 1.00 bits per heavy atom. The molecule has 0 atom stereocenters. The van der Waals surface area contributed by atoms with Crippen molar-refractivity contribution in [1.29, 1.82) is 0 Å². The van der Waals surface area contributed by atoms with Crippen LogP contribution in [-0.4, -0.2) is 15.5 Å². The van der Waals surface area contributed by atoms with Gasteiger partial charge in [-0.05, 0) is 35.8 Å². The zero-order chi connectivity index (χ0) is 18.3. The smallest absolute Gasteiger partial charge is 0.219 e. The number of carbonyl (C=O) groups excluding carboxylic acids is 1. The van der Waals surface area contributed by atoms with Crippen LogP contribution in [0, 0.1) is 3.95 Å². The van der Waals surface area contributed by atoms with Gasteiger partial charge < -0.3 is 5.11 Å². The molecule has 0 aliphatic rings. The topological polar surface area (TPSA) is 42.2 Å². The van der Waals surface area contributed by atoms with Crippen LogP contribution >= 0.6 is 35.2 Å². The maximum absolute atomic E-state index is 13.0. The summed E-state index contributed by atoms with van der Waals surface area (Å²) in [5.74, 6) is -0.510. The number of hydrogen-bond acceptors (Lipinski definition) is 4. The highest BCUT2D eigenvalue weighted by molar-refractivity contribution is 7.73. The van der Waals surface area contributed by atoms with Gasteiger partial charge in [-0.1, -0.05) is 71.5 Å². The second kappa shape index (κ2) is 6.68. The molecule has 0 aliphatic carbocycles. The molecule has 1 heterocycles. The number of hydrogen-bond donors (Lipinski definition) is 1. The highest BCUT2D eigenvalue weighted by Gasteiger charge is 2.23. The Morgan fingerprint density at radius 2 is 1.69 bits per heavy atom. The molecule has 1 N–H and O–H groups in total. The summed E-state index contributed by atoms with van der Waals surface area (Å²) in [4.78, 5) is 13.2. The average Bonchev–Trinajstić information content (AvgIpc) is 2.97. The molecule has 0 bridgehead atoms. The van der Waals surface area contributed by atoms with Crippen LogP contribution < -0.4 is 0 Å². The van der Waals surface area contributed by atoms with E-state index in [2.05, 4.69) is 0 Å². The maximum atomic E-state index is 13.0. The summed E-state index contributed by atoms with van der Waals surface area (Å²) < 4.78 is 1.89. The molecule has 3 nitrogen and oxygen atoms in total. The minimum atomic E-state index is -0.343. The molecule has 0 radical (unpaired) electrons. The number of nitrogens with zero attached hydrogens (tertiary/aromatic N) is 1. The maximum Gasteiger partial charge on any atom is 0.219 e. The Labute approximate surface area is 163 Å². The van der Waals surface area contributed by atoms with Crippen molar-refractivity contribution in [3.8, 4) is 11.6 Å². The van der Waals surface area contributed by atoms with Gasteiger partial charge in [-0.3, -0.25) is 9.36 Å². The summed E-state index contributed by atoms with van der Waals surface area (Å²) in [6, 6.07) is 20.3. The molecule has 4 rings (SSSR count). The van der Waals surface area contributed by atoms with E-state index >= 15 is 0 Å². The monoisotopic (exact) mass is 397 g/mol. The SMILES string of the molecule is O=C(c1ccc2ccccc2c1Cl)c1sc(=S)n(-c2ccccc2)c1O. The molecule has 26 heavy (non-hydrogen) atoms. The molecule has 1 aromatic heterocycles. The Kier molecular flexibility index (Phi) is 4.36. The first-order valence-electron chi connectivity index (χ1n) is 7.80. The normalized spacial score (nSPS) is 11.0. The van der Waals surface area contributed by atoms with Gasteiger partial charge in [0, 0.05) is 10.9 Å². The number of rotatable bonds is 3. The van der Waals surface area contributed by atoms with Crippen LogP contribution in [0.25, 0.3) is 16.5 Å². The largest absolute Gasteiger partial charge is 0.493 e. The molecule has 3 aromatic carbocycles. The van der Waals surface area contributed by atoms with Crippen LogP contribution in [0.3, 0.4) is 0 Å². The second-order valence-electron chi connectivity index (χ2n) is 5.67. The van der Waals surface area contributed by atoms with Gasteiger partial charge in [0.2, 0.25) is 11.7 Å². The van der Waals surface area contributed by atoms with Crippen molar-refractivity contribution in [1.82, 2.24) is 4.57 Å². The summed E-state index contributed by atoms with van der Waals surface area (Å²) in [7, 11) is 0. The van der Waals surface area contributed by atoms with Crippen molar-refractivity contribution < 1.29 is 9.90 Å². The van der Waals surface area contributed by atoms with Crippen molar-refractivity contribution in [2.75, 3.05) is 0 Å². The summed E-state index contributed by atoms with van der Waals surface area (Å²) in [6.07, 6.45) is 0. The number of fused-ring (bicyclic) bond motifs is 1. The van der Waals surface area contributed by atoms with Gasteiger partial charge in [0.25, 0.3) is 0 Å². The third-order valence-electron chi connectivity index (χ3n) is 4.12. The molecule has 0 saturated heterocycles. The fourth-order valence-corrected chi connectivity index (χ4v) is 4.46. The number of para-hydroxylation sites is 1. The molecular formula is C20H12ClNO2S2. The lowest BCUT2D eigenvalue weighted by molar-refractivity contribution is 0.104. The number of aromatic hydroxyl groups is 1. The van der Waals surface area contributed by atoms with Crippen molar-refractivity contribution in [2.45, 2.75) is 0 Å². The predicted molar refractivity (Wildman–Crippen MR) is 109 cm³/mol. The molecule has 4 aromatic rings. The van der Waals surface area contributed by atoms with Crippen LogP contribution in [0.1, 0.15) is 15.2 Å². The molecule has 0 spiro atoms. The highest BCUT2D eigenvalue weighted by Crippen LogP contribution is 2.35. The lowest BCUT2D eigenvalue weighted by atomic mass is 10.0. The molecule has 0 saturated carbocycles. The van der Waals surface area contributed by atoms with E-state index in [0.29, 0.717) is 20.2 Å². The van der Waals surface area contributed by atoms with Crippen molar-refractivity contribution in [3.05, 3.63) is 86.1 Å². The number of benzene rings is 3. The average molecular weight is 398 g/mol. The van der Waals surface area contributed by atoms with Gasteiger partial charge in [0.1, 0.15) is 4.88 Å². The fourth-order valence-electron chi connectivity index (χ4n) is 2.85. The first kappa shape index (κ1) is 17.0. The minimum absolute atomic E-state index is 0.166. The predicted octanol–water partition coefficient (Wildman–Crippen LogP) is 6.01. The van der Waals surface area contributed by atoms with Gasteiger partial charge in [-0.2, -0.15) is 0 Å². The number of halogens is 1. The fraction of sp³-hybridized carbons (Fsp3) is 0. The van der Waals surface area contributed by atoms with Gasteiger partial charge in [-0.15, -0.1) is 0 Å². The molecule has 0 unspecified atom stereocenters. The van der Waals surface area contributed by atoms with E-state index in [1.807, 2.05) is 60.7 Å². The van der Waals surface area contributed by atoms with Crippen molar-refractivity contribution >= 4 is 51.7 Å². The molecule has 0 fully saturated rings. The van der Waals surface area contributed by atoms with Gasteiger partial charge in [0.05, 0.1) is 10.7 Å².